The van der Waals surface area contributed by atoms with Crippen molar-refractivity contribution in [2.75, 3.05) is 24.7 Å². The van der Waals surface area contributed by atoms with Gasteiger partial charge < -0.3 is 16.4 Å². The average Bonchev–Trinajstić information content (AvgIpc) is 2.35. The molecule has 0 unspecified atom stereocenters. The molecule has 0 atom stereocenters. The van der Waals surface area contributed by atoms with Gasteiger partial charge in [-0.15, -0.1) is 11.8 Å². The third-order valence-corrected chi connectivity index (χ3v) is 3.07. The molecule has 1 aromatic rings. The Morgan fingerprint density at radius 3 is 2.82 bits per heavy atom. The molecule has 5 heteroatoms. The van der Waals surface area contributed by atoms with E-state index in [9.17, 15) is 4.79 Å². The average molecular weight is 253 g/mol. The van der Waals surface area contributed by atoms with E-state index in [1.807, 2.05) is 30.5 Å². The van der Waals surface area contributed by atoms with Crippen molar-refractivity contribution in [2.45, 2.75) is 17.7 Å². The molecule has 4 N–H and O–H groups in total. The molecular formula is C12H19N3OS. The Balaban J connectivity index is 2.39. The Morgan fingerprint density at radius 1 is 1.35 bits per heavy atom. The number of anilines is 1. The molecule has 0 fully saturated rings. The van der Waals surface area contributed by atoms with Crippen molar-refractivity contribution in [3.63, 3.8) is 0 Å². The summed E-state index contributed by atoms with van der Waals surface area (Å²) >= 11 is 1.61. The highest BCUT2D eigenvalue weighted by molar-refractivity contribution is 7.98. The van der Waals surface area contributed by atoms with Crippen molar-refractivity contribution in [1.29, 1.82) is 0 Å². The minimum absolute atomic E-state index is 0.163. The standard InChI is InChI=1S/C12H19N3OS/c1-17-11-7-3-2-6-10(11)15-12(16)14-9-5-4-8-13/h2-3,6-7H,4-5,8-9,13H2,1H3,(H2,14,15,16). The van der Waals surface area contributed by atoms with Crippen LogP contribution in [0.3, 0.4) is 0 Å². The maximum absolute atomic E-state index is 11.6. The zero-order valence-corrected chi connectivity index (χ0v) is 10.8. The number of rotatable bonds is 6. The van der Waals surface area contributed by atoms with Crippen molar-refractivity contribution in [3.8, 4) is 0 Å². The highest BCUT2D eigenvalue weighted by Gasteiger charge is 2.04. The highest BCUT2D eigenvalue weighted by Crippen LogP contribution is 2.24. The summed E-state index contributed by atoms with van der Waals surface area (Å²) in [7, 11) is 0. The van der Waals surface area contributed by atoms with Gasteiger partial charge in [0.25, 0.3) is 0 Å². The van der Waals surface area contributed by atoms with Crippen molar-refractivity contribution >= 4 is 23.5 Å². The Morgan fingerprint density at radius 2 is 2.12 bits per heavy atom. The third-order valence-electron chi connectivity index (χ3n) is 2.27. The van der Waals surface area contributed by atoms with Crippen LogP contribution in [0.25, 0.3) is 0 Å². The molecule has 0 aromatic heterocycles. The first-order valence-electron chi connectivity index (χ1n) is 5.66. The Hall–Kier alpha value is -1.20. The lowest BCUT2D eigenvalue weighted by Gasteiger charge is -2.10. The van der Waals surface area contributed by atoms with Crippen molar-refractivity contribution < 1.29 is 4.79 Å². The zero-order chi connectivity index (χ0) is 12.5. The number of amides is 2. The highest BCUT2D eigenvalue weighted by atomic mass is 32.2. The van der Waals surface area contributed by atoms with Gasteiger partial charge in [0.2, 0.25) is 0 Å². The quantitative estimate of drug-likeness (QED) is 0.538. The second kappa shape index (κ2) is 7.97. The van der Waals surface area contributed by atoms with E-state index in [1.165, 1.54) is 0 Å². The number of unbranched alkanes of at least 4 members (excludes halogenated alkanes) is 1. The van der Waals surface area contributed by atoms with Gasteiger partial charge in [-0.1, -0.05) is 12.1 Å². The third kappa shape index (κ3) is 5.10. The molecule has 0 bridgehead atoms. The second-order valence-corrected chi connectivity index (χ2v) is 4.43. The molecule has 94 valence electrons. The van der Waals surface area contributed by atoms with Gasteiger partial charge in [0.05, 0.1) is 5.69 Å². The predicted molar refractivity (Wildman–Crippen MR) is 73.5 cm³/mol. The van der Waals surface area contributed by atoms with Crippen LogP contribution in [-0.2, 0) is 0 Å². The first-order valence-corrected chi connectivity index (χ1v) is 6.88. The summed E-state index contributed by atoms with van der Waals surface area (Å²) in [5.74, 6) is 0. The number of nitrogens with two attached hydrogens (primary N) is 1. The summed E-state index contributed by atoms with van der Waals surface area (Å²) in [6, 6.07) is 7.57. The molecule has 17 heavy (non-hydrogen) atoms. The molecule has 0 heterocycles. The van der Waals surface area contributed by atoms with E-state index in [2.05, 4.69) is 10.6 Å². The lowest BCUT2D eigenvalue weighted by atomic mass is 10.3. The number of carbonyl (C=O) groups excluding carboxylic acids is 1. The topological polar surface area (TPSA) is 67.2 Å². The Kier molecular flexibility index (Phi) is 6.50. The summed E-state index contributed by atoms with van der Waals surface area (Å²) in [5, 5.41) is 5.64. The number of urea groups is 1. The number of nitrogens with one attached hydrogen (secondary N) is 2. The molecule has 4 nitrogen and oxygen atoms in total. The summed E-state index contributed by atoms with van der Waals surface area (Å²) < 4.78 is 0. The fourth-order valence-electron chi connectivity index (χ4n) is 1.39. The van der Waals surface area contributed by atoms with Crippen LogP contribution < -0.4 is 16.4 Å². The number of carbonyl (C=O) groups is 1. The number of hydrogen-bond acceptors (Lipinski definition) is 3. The van der Waals surface area contributed by atoms with Crippen LogP contribution in [0.4, 0.5) is 10.5 Å². The van der Waals surface area contributed by atoms with E-state index < -0.39 is 0 Å². The summed E-state index contributed by atoms with van der Waals surface area (Å²) in [6.45, 7) is 1.32. The normalized spacial score (nSPS) is 10.0. The number of para-hydroxylation sites is 1. The van der Waals surface area contributed by atoms with Gasteiger partial charge in [0.15, 0.2) is 0 Å². The molecule has 1 aromatic carbocycles. The lowest BCUT2D eigenvalue weighted by molar-refractivity contribution is 0.252. The van der Waals surface area contributed by atoms with Gasteiger partial charge in [-0.25, -0.2) is 4.79 Å². The van der Waals surface area contributed by atoms with E-state index in [0.717, 1.165) is 23.4 Å². The van der Waals surface area contributed by atoms with Gasteiger partial charge >= 0.3 is 6.03 Å². The van der Waals surface area contributed by atoms with Crippen LogP contribution in [0.2, 0.25) is 0 Å². The van der Waals surface area contributed by atoms with Gasteiger partial charge in [-0.05, 0) is 37.8 Å². The van der Waals surface area contributed by atoms with Crippen molar-refractivity contribution in [2.24, 2.45) is 5.73 Å². The molecule has 0 radical (unpaired) electrons. The fourth-order valence-corrected chi connectivity index (χ4v) is 1.94. The Labute approximate surface area is 106 Å². The van der Waals surface area contributed by atoms with Crippen LogP contribution in [0, 0.1) is 0 Å². The van der Waals surface area contributed by atoms with Crippen LogP contribution in [0.5, 0.6) is 0 Å². The van der Waals surface area contributed by atoms with Gasteiger partial charge in [-0.3, -0.25) is 0 Å². The van der Waals surface area contributed by atoms with Crippen LogP contribution in [0.15, 0.2) is 29.2 Å². The number of benzene rings is 1. The molecule has 0 aliphatic heterocycles. The first-order chi connectivity index (χ1) is 8.27. The zero-order valence-electron chi connectivity index (χ0n) is 10.0. The summed E-state index contributed by atoms with van der Waals surface area (Å²) in [4.78, 5) is 12.6. The van der Waals surface area contributed by atoms with Crippen molar-refractivity contribution in [1.82, 2.24) is 5.32 Å². The summed E-state index contributed by atoms with van der Waals surface area (Å²) in [5.41, 5.74) is 6.22. The van der Waals surface area contributed by atoms with Crippen LogP contribution in [0.1, 0.15) is 12.8 Å². The van der Waals surface area contributed by atoms with E-state index in [0.29, 0.717) is 13.1 Å². The van der Waals surface area contributed by atoms with Crippen LogP contribution in [-0.4, -0.2) is 25.4 Å². The van der Waals surface area contributed by atoms with Crippen molar-refractivity contribution in [3.05, 3.63) is 24.3 Å². The maximum atomic E-state index is 11.6. The van der Waals surface area contributed by atoms with E-state index in [1.54, 1.807) is 11.8 Å². The molecule has 0 aliphatic rings. The van der Waals surface area contributed by atoms with Gasteiger partial charge in [-0.2, -0.15) is 0 Å². The lowest BCUT2D eigenvalue weighted by Crippen LogP contribution is -2.29. The molecular weight excluding hydrogens is 234 g/mol. The van der Waals surface area contributed by atoms with Crippen LogP contribution >= 0.6 is 11.8 Å². The largest absolute Gasteiger partial charge is 0.338 e. The van der Waals surface area contributed by atoms with E-state index >= 15 is 0 Å². The molecule has 0 saturated carbocycles. The smallest absolute Gasteiger partial charge is 0.319 e. The molecule has 2 amide bonds. The van der Waals surface area contributed by atoms with E-state index in [4.69, 9.17) is 5.73 Å². The van der Waals surface area contributed by atoms with E-state index in [-0.39, 0.29) is 6.03 Å². The number of thioether (sulfide) groups is 1. The minimum atomic E-state index is -0.163. The fraction of sp³-hybridized carbons (Fsp3) is 0.417. The molecule has 1 rings (SSSR count). The summed E-state index contributed by atoms with van der Waals surface area (Å²) in [6.07, 6.45) is 3.83. The maximum Gasteiger partial charge on any atom is 0.319 e. The monoisotopic (exact) mass is 253 g/mol. The second-order valence-electron chi connectivity index (χ2n) is 3.58. The molecule has 0 saturated heterocycles. The molecule has 0 spiro atoms. The minimum Gasteiger partial charge on any atom is -0.338 e. The van der Waals surface area contributed by atoms with Gasteiger partial charge in [0, 0.05) is 11.4 Å². The predicted octanol–water partition coefficient (Wildman–Crippen LogP) is 2.27. The van der Waals surface area contributed by atoms with Gasteiger partial charge in [0.1, 0.15) is 0 Å². The first kappa shape index (κ1) is 13.9. The number of hydrogen-bond donors (Lipinski definition) is 3. The SMILES string of the molecule is CSc1ccccc1NC(=O)NCCCCN. The molecule has 0 aliphatic carbocycles. The Bertz CT molecular complexity index is 357.